The summed E-state index contributed by atoms with van der Waals surface area (Å²) in [5, 5.41) is 0.324. The Kier molecular flexibility index (Phi) is 3.54. The number of piperidine rings is 1. The number of anilines is 1. The topological polar surface area (TPSA) is 76.3 Å². The van der Waals surface area contributed by atoms with E-state index in [1.165, 1.54) is 25.7 Å². The van der Waals surface area contributed by atoms with Gasteiger partial charge in [0.25, 0.3) is 10.0 Å². The van der Waals surface area contributed by atoms with Crippen molar-refractivity contribution in [3.63, 3.8) is 0 Å². The molecule has 2 heterocycles. The summed E-state index contributed by atoms with van der Waals surface area (Å²) in [6.07, 6.45) is 7.15. The second-order valence-electron chi connectivity index (χ2n) is 6.04. The van der Waals surface area contributed by atoms with Crippen molar-refractivity contribution in [1.82, 2.24) is 9.29 Å². The normalized spacial score (nSPS) is 23.4. The van der Waals surface area contributed by atoms with E-state index in [2.05, 4.69) is 4.98 Å². The molecular weight excluding hydrogens is 294 g/mol. The minimum Gasteiger partial charge on any atom is -0.375 e. The van der Waals surface area contributed by atoms with Crippen molar-refractivity contribution >= 4 is 26.5 Å². The molecule has 0 amide bonds. The Morgan fingerprint density at radius 2 is 1.80 bits per heavy atom. The highest BCUT2D eigenvalue weighted by atomic mass is 32.2. The first-order valence-electron chi connectivity index (χ1n) is 7.16. The zero-order valence-electron chi connectivity index (χ0n) is 11.8. The van der Waals surface area contributed by atoms with Crippen LogP contribution < -0.4 is 5.73 Å². The molecule has 7 heteroatoms. The SMILES string of the molecule is Cc1nc(N)sc1S(=O)(=O)N1CCC2(CCCC2)CC1. The number of hydrogen-bond acceptors (Lipinski definition) is 5. The Morgan fingerprint density at radius 3 is 2.30 bits per heavy atom. The van der Waals surface area contributed by atoms with Crippen LogP contribution in [0.25, 0.3) is 0 Å². The molecule has 112 valence electrons. The monoisotopic (exact) mass is 315 g/mol. The lowest BCUT2D eigenvalue weighted by Gasteiger charge is -2.38. The van der Waals surface area contributed by atoms with Gasteiger partial charge >= 0.3 is 0 Å². The summed E-state index contributed by atoms with van der Waals surface area (Å²) >= 11 is 1.08. The lowest BCUT2D eigenvalue weighted by atomic mass is 9.78. The zero-order chi connectivity index (χ0) is 14.4. The van der Waals surface area contributed by atoms with E-state index in [9.17, 15) is 8.42 Å². The molecule has 1 aromatic rings. The van der Waals surface area contributed by atoms with Gasteiger partial charge in [-0.05, 0) is 38.0 Å². The molecule has 2 aliphatic rings. The Balaban J connectivity index is 1.78. The van der Waals surface area contributed by atoms with Crippen LogP contribution in [0, 0.1) is 12.3 Å². The van der Waals surface area contributed by atoms with Crippen LogP contribution in [0.15, 0.2) is 4.21 Å². The second-order valence-corrected chi connectivity index (χ2v) is 9.20. The zero-order valence-corrected chi connectivity index (χ0v) is 13.4. The second kappa shape index (κ2) is 4.96. The van der Waals surface area contributed by atoms with E-state index in [-0.39, 0.29) is 0 Å². The van der Waals surface area contributed by atoms with Crippen molar-refractivity contribution in [1.29, 1.82) is 0 Å². The maximum absolute atomic E-state index is 12.7. The molecule has 3 rings (SSSR count). The molecule has 0 atom stereocenters. The highest BCUT2D eigenvalue weighted by Gasteiger charge is 2.40. The molecule has 1 saturated carbocycles. The first-order chi connectivity index (χ1) is 9.43. The number of nitrogens with zero attached hydrogens (tertiary/aromatic N) is 2. The molecule has 1 saturated heterocycles. The van der Waals surface area contributed by atoms with E-state index in [4.69, 9.17) is 5.73 Å². The summed E-state index contributed by atoms with van der Waals surface area (Å²) in [4.78, 5) is 4.03. The van der Waals surface area contributed by atoms with Gasteiger partial charge in [-0.3, -0.25) is 0 Å². The highest BCUT2D eigenvalue weighted by molar-refractivity contribution is 7.91. The van der Waals surface area contributed by atoms with E-state index in [1.54, 1.807) is 11.2 Å². The molecule has 5 nitrogen and oxygen atoms in total. The molecule has 2 N–H and O–H groups in total. The predicted octanol–water partition coefficient (Wildman–Crippen LogP) is 2.38. The first-order valence-corrected chi connectivity index (χ1v) is 9.42. The van der Waals surface area contributed by atoms with Gasteiger partial charge in [0.05, 0.1) is 5.69 Å². The largest absolute Gasteiger partial charge is 0.375 e. The summed E-state index contributed by atoms with van der Waals surface area (Å²) < 4.78 is 27.3. The summed E-state index contributed by atoms with van der Waals surface area (Å²) in [5.74, 6) is 0. The molecule has 0 radical (unpaired) electrons. The third-order valence-corrected chi connectivity index (χ3v) is 8.26. The Hall–Kier alpha value is -0.660. The maximum Gasteiger partial charge on any atom is 0.254 e. The minimum atomic E-state index is -3.41. The molecule has 2 fully saturated rings. The van der Waals surface area contributed by atoms with E-state index in [0.29, 0.717) is 33.5 Å². The first kappa shape index (κ1) is 14.3. The van der Waals surface area contributed by atoms with Gasteiger partial charge in [0.15, 0.2) is 9.34 Å². The van der Waals surface area contributed by atoms with Crippen molar-refractivity contribution in [2.45, 2.75) is 49.7 Å². The van der Waals surface area contributed by atoms with Crippen LogP contribution in [0.3, 0.4) is 0 Å². The minimum absolute atomic E-state index is 0.317. The third kappa shape index (κ3) is 2.35. The quantitative estimate of drug-likeness (QED) is 0.909. The number of hydrogen-bond donors (Lipinski definition) is 1. The average Bonchev–Trinajstić information content (AvgIpc) is 2.97. The number of nitrogen functional groups attached to an aromatic ring is 1. The number of nitrogens with two attached hydrogens (primary N) is 1. The van der Waals surface area contributed by atoms with Gasteiger partial charge in [-0.25, -0.2) is 13.4 Å². The molecule has 1 aliphatic carbocycles. The smallest absolute Gasteiger partial charge is 0.254 e. The standard InChI is InChI=1S/C13H21N3O2S2/c1-10-11(19-12(14)15-10)20(17,18)16-8-6-13(7-9-16)4-2-3-5-13/h2-9H2,1H3,(H2,14,15). The number of sulfonamides is 1. The number of rotatable bonds is 2. The molecule has 20 heavy (non-hydrogen) atoms. The van der Waals surface area contributed by atoms with Crippen LogP contribution in [-0.2, 0) is 10.0 Å². The van der Waals surface area contributed by atoms with Crippen molar-refractivity contribution in [3.8, 4) is 0 Å². The molecule has 0 unspecified atom stereocenters. The van der Waals surface area contributed by atoms with Crippen LogP contribution in [-0.4, -0.2) is 30.8 Å². The predicted molar refractivity (Wildman–Crippen MR) is 80.2 cm³/mol. The molecule has 0 aromatic carbocycles. The van der Waals surface area contributed by atoms with E-state index in [0.717, 1.165) is 24.2 Å². The third-order valence-electron chi connectivity index (χ3n) is 4.79. The van der Waals surface area contributed by atoms with Crippen molar-refractivity contribution < 1.29 is 8.42 Å². The van der Waals surface area contributed by atoms with Gasteiger partial charge in [0, 0.05) is 13.1 Å². The van der Waals surface area contributed by atoms with Gasteiger partial charge in [-0.1, -0.05) is 24.2 Å². The highest BCUT2D eigenvalue weighted by Crippen LogP contribution is 2.47. The van der Waals surface area contributed by atoms with E-state index >= 15 is 0 Å². The van der Waals surface area contributed by atoms with Gasteiger partial charge < -0.3 is 5.73 Å². The average molecular weight is 315 g/mol. The number of aromatic nitrogens is 1. The van der Waals surface area contributed by atoms with Crippen molar-refractivity contribution in [3.05, 3.63) is 5.69 Å². The van der Waals surface area contributed by atoms with Crippen LogP contribution in [0.2, 0.25) is 0 Å². The van der Waals surface area contributed by atoms with Gasteiger partial charge in [-0.15, -0.1) is 0 Å². The summed E-state index contributed by atoms with van der Waals surface area (Å²) in [6, 6.07) is 0. The van der Waals surface area contributed by atoms with Crippen LogP contribution in [0.1, 0.15) is 44.2 Å². The fourth-order valence-electron chi connectivity index (χ4n) is 3.59. The van der Waals surface area contributed by atoms with Gasteiger partial charge in [-0.2, -0.15) is 4.31 Å². The van der Waals surface area contributed by atoms with Gasteiger partial charge in [0.1, 0.15) is 0 Å². The van der Waals surface area contributed by atoms with Crippen LogP contribution in [0.4, 0.5) is 5.13 Å². The summed E-state index contributed by atoms with van der Waals surface area (Å²) in [5.41, 5.74) is 6.57. The molecule has 1 aromatic heterocycles. The Morgan fingerprint density at radius 1 is 1.20 bits per heavy atom. The fourth-order valence-corrected chi connectivity index (χ4v) is 6.46. The molecule has 0 bridgehead atoms. The molecule has 1 spiro atoms. The Bertz CT molecular complexity index is 593. The maximum atomic E-state index is 12.7. The number of aryl methyl sites for hydroxylation is 1. The van der Waals surface area contributed by atoms with Crippen molar-refractivity contribution in [2.24, 2.45) is 5.41 Å². The van der Waals surface area contributed by atoms with E-state index in [1.807, 2.05) is 0 Å². The molecule has 1 aliphatic heterocycles. The lowest BCUT2D eigenvalue weighted by Crippen LogP contribution is -2.42. The van der Waals surface area contributed by atoms with Crippen LogP contribution >= 0.6 is 11.3 Å². The summed E-state index contributed by atoms with van der Waals surface area (Å²) in [7, 11) is -3.41. The number of thiazole rings is 1. The molecular formula is C13H21N3O2S2. The summed E-state index contributed by atoms with van der Waals surface area (Å²) in [6.45, 7) is 2.99. The van der Waals surface area contributed by atoms with E-state index < -0.39 is 10.0 Å². The lowest BCUT2D eigenvalue weighted by molar-refractivity contribution is 0.160. The van der Waals surface area contributed by atoms with Crippen LogP contribution in [0.5, 0.6) is 0 Å². The van der Waals surface area contributed by atoms with Gasteiger partial charge in [0.2, 0.25) is 0 Å². The Labute approximate surface area is 124 Å². The van der Waals surface area contributed by atoms with Crippen molar-refractivity contribution in [2.75, 3.05) is 18.8 Å². The fraction of sp³-hybridized carbons (Fsp3) is 0.769.